The van der Waals surface area contributed by atoms with Crippen LogP contribution in [0.3, 0.4) is 0 Å². The number of pyridine rings is 1. The van der Waals surface area contributed by atoms with E-state index in [1.807, 2.05) is 0 Å². The molecule has 110 valence electrons. The minimum Gasteiger partial charge on any atom is -0.478 e. The highest BCUT2D eigenvalue weighted by atomic mass is 16.5. The summed E-state index contributed by atoms with van der Waals surface area (Å²) in [5.74, 6) is -1.35. The summed E-state index contributed by atoms with van der Waals surface area (Å²) in [7, 11) is 1.53. The Morgan fingerprint density at radius 3 is 2.85 bits per heavy atom. The normalized spacial score (nSPS) is 11.7. The zero-order valence-corrected chi connectivity index (χ0v) is 11.3. The number of rotatable bonds is 7. The number of nitrogens with two attached hydrogens (primary N) is 1. The zero-order chi connectivity index (χ0) is 15.1. The number of carbonyl (C=O) groups is 2. The number of aromatic carboxylic acids is 1. The zero-order valence-electron chi connectivity index (χ0n) is 11.3. The van der Waals surface area contributed by atoms with E-state index in [9.17, 15) is 9.59 Å². The van der Waals surface area contributed by atoms with Crippen molar-refractivity contribution < 1.29 is 19.4 Å². The molecule has 1 heterocycles. The fourth-order valence-corrected chi connectivity index (χ4v) is 1.46. The summed E-state index contributed by atoms with van der Waals surface area (Å²) in [6, 6.07) is 0.647. The Labute approximate surface area is 116 Å². The molecule has 1 aromatic rings. The third-order valence-corrected chi connectivity index (χ3v) is 2.49. The van der Waals surface area contributed by atoms with Crippen molar-refractivity contribution in [2.45, 2.75) is 13.0 Å². The predicted octanol–water partition coefficient (Wildman–Crippen LogP) is -0.0750. The first-order valence-electron chi connectivity index (χ1n) is 5.97. The van der Waals surface area contributed by atoms with E-state index in [0.717, 1.165) is 0 Å². The van der Waals surface area contributed by atoms with Gasteiger partial charge >= 0.3 is 5.97 Å². The van der Waals surface area contributed by atoms with Crippen LogP contribution >= 0.6 is 0 Å². The standard InChI is InChI=1S/C12H18N4O4/c1-7(11(17)14-3-4-20-2)16-10-9(12(18)19)5-8(13)6-15-10/h5-7H,3-4,13H2,1-2H3,(H,14,17)(H,15,16)(H,18,19). The molecule has 0 bridgehead atoms. The number of carbonyl (C=O) groups excluding carboxylic acids is 1. The Morgan fingerprint density at radius 1 is 1.55 bits per heavy atom. The smallest absolute Gasteiger partial charge is 0.339 e. The Hall–Kier alpha value is -2.35. The molecule has 0 radical (unpaired) electrons. The van der Waals surface area contributed by atoms with Crippen molar-refractivity contribution in [1.82, 2.24) is 10.3 Å². The van der Waals surface area contributed by atoms with E-state index >= 15 is 0 Å². The second-order valence-corrected chi connectivity index (χ2v) is 4.12. The minimum absolute atomic E-state index is 0.0819. The van der Waals surface area contributed by atoms with Crippen LogP contribution in [0.25, 0.3) is 0 Å². The number of anilines is 2. The molecule has 1 rings (SSSR count). The first kappa shape index (κ1) is 15.7. The molecule has 0 aliphatic heterocycles. The average molecular weight is 282 g/mol. The van der Waals surface area contributed by atoms with Crippen LogP contribution in [0.1, 0.15) is 17.3 Å². The molecule has 0 aliphatic rings. The molecular weight excluding hydrogens is 264 g/mol. The first-order chi connectivity index (χ1) is 9.45. The lowest BCUT2D eigenvalue weighted by Gasteiger charge is -2.16. The van der Waals surface area contributed by atoms with Crippen molar-refractivity contribution in [2.75, 3.05) is 31.3 Å². The Bertz CT molecular complexity index is 492. The van der Waals surface area contributed by atoms with Crippen LogP contribution < -0.4 is 16.4 Å². The number of hydrogen-bond acceptors (Lipinski definition) is 6. The van der Waals surface area contributed by atoms with E-state index in [4.69, 9.17) is 15.6 Å². The number of ether oxygens (including phenoxy) is 1. The maximum atomic E-state index is 11.7. The van der Waals surface area contributed by atoms with Gasteiger partial charge in [-0.2, -0.15) is 0 Å². The Morgan fingerprint density at radius 2 is 2.25 bits per heavy atom. The van der Waals surface area contributed by atoms with Crippen molar-refractivity contribution in [3.63, 3.8) is 0 Å². The molecule has 20 heavy (non-hydrogen) atoms. The van der Waals surface area contributed by atoms with Gasteiger partial charge in [-0.1, -0.05) is 0 Å². The first-order valence-corrected chi connectivity index (χ1v) is 5.97. The van der Waals surface area contributed by atoms with E-state index in [-0.39, 0.29) is 23.0 Å². The number of nitrogen functional groups attached to an aromatic ring is 1. The number of nitrogens with zero attached hydrogens (tertiary/aromatic N) is 1. The van der Waals surface area contributed by atoms with Crippen LogP contribution in [-0.2, 0) is 9.53 Å². The summed E-state index contributed by atoms with van der Waals surface area (Å²) in [5.41, 5.74) is 5.65. The highest BCUT2D eigenvalue weighted by molar-refractivity contribution is 5.95. The van der Waals surface area contributed by atoms with Crippen molar-refractivity contribution in [3.8, 4) is 0 Å². The molecule has 0 aliphatic carbocycles. The Balaban J connectivity index is 2.72. The number of methoxy groups -OCH3 is 1. The lowest BCUT2D eigenvalue weighted by atomic mass is 10.2. The van der Waals surface area contributed by atoms with E-state index in [1.54, 1.807) is 6.92 Å². The van der Waals surface area contributed by atoms with Crippen molar-refractivity contribution in [1.29, 1.82) is 0 Å². The van der Waals surface area contributed by atoms with Crippen molar-refractivity contribution in [2.24, 2.45) is 0 Å². The fraction of sp³-hybridized carbons (Fsp3) is 0.417. The van der Waals surface area contributed by atoms with Gasteiger partial charge in [-0.05, 0) is 13.0 Å². The Kier molecular flexibility index (Phi) is 5.73. The number of hydrogen-bond donors (Lipinski definition) is 4. The fourth-order valence-electron chi connectivity index (χ4n) is 1.46. The summed E-state index contributed by atoms with van der Waals surface area (Å²) in [6.45, 7) is 2.38. The number of amides is 1. The number of carboxylic acid groups (broad SMARTS) is 1. The molecule has 1 amide bonds. The van der Waals surface area contributed by atoms with Gasteiger partial charge in [0.2, 0.25) is 5.91 Å². The molecule has 5 N–H and O–H groups in total. The van der Waals surface area contributed by atoms with Gasteiger partial charge in [0.25, 0.3) is 0 Å². The monoisotopic (exact) mass is 282 g/mol. The summed E-state index contributed by atoms with van der Waals surface area (Å²) >= 11 is 0. The lowest BCUT2D eigenvalue weighted by molar-refractivity contribution is -0.121. The summed E-state index contributed by atoms with van der Waals surface area (Å²) in [4.78, 5) is 26.7. The van der Waals surface area contributed by atoms with E-state index < -0.39 is 12.0 Å². The lowest BCUT2D eigenvalue weighted by Crippen LogP contribution is -2.39. The average Bonchev–Trinajstić information content (AvgIpc) is 2.40. The maximum absolute atomic E-state index is 11.7. The van der Waals surface area contributed by atoms with E-state index in [2.05, 4.69) is 15.6 Å². The summed E-state index contributed by atoms with van der Waals surface area (Å²) in [5, 5.41) is 14.4. The molecule has 0 aromatic carbocycles. The maximum Gasteiger partial charge on any atom is 0.339 e. The summed E-state index contributed by atoms with van der Waals surface area (Å²) in [6.07, 6.45) is 1.32. The van der Waals surface area contributed by atoms with Gasteiger partial charge < -0.3 is 26.2 Å². The van der Waals surface area contributed by atoms with Crippen LogP contribution in [0.5, 0.6) is 0 Å². The van der Waals surface area contributed by atoms with Crippen molar-refractivity contribution >= 4 is 23.4 Å². The van der Waals surface area contributed by atoms with Gasteiger partial charge in [0.05, 0.1) is 18.5 Å². The van der Waals surface area contributed by atoms with Gasteiger partial charge in [-0.15, -0.1) is 0 Å². The third kappa shape index (κ3) is 4.39. The molecule has 0 fully saturated rings. The van der Waals surface area contributed by atoms with Gasteiger partial charge in [0, 0.05) is 13.7 Å². The quantitative estimate of drug-likeness (QED) is 0.515. The third-order valence-electron chi connectivity index (χ3n) is 2.49. The number of carboxylic acids is 1. The molecule has 1 unspecified atom stereocenters. The molecule has 0 spiro atoms. The largest absolute Gasteiger partial charge is 0.478 e. The molecular formula is C12H18N4O4. The molecule has 0 saturated heterocycles. The molecule has 8 nitrogen and oxygen atoms in total. The number of nitrogens with one attached hydrogen (secondary N) is 2. The van der Waals surface area contributed by atoms with Crippen LogP contribution in [-0.4, -0.2) is 48.3 Å². The van der Waals surface area contributed by atoms with Crippen LogP contribution in [0, 0.1) is 0 Å². The van der Waals surface area contributed by atoms with Gasteiger partial charge in [-0.3, -0.25) is 4.79 Å². The molecule has 1 atom stereocenters. The summed E-state index contributed by atoms with van der Waals surface area (Å²) < 4.78 is 4.81. The highest BCUT2D eigenvalue weighted by Gasteiger charge is 2.17. The second kappa shape index (κ2) is 7.29. The highest BCUT2D eigenvalue weighted by Crippen LogP contribution is 2.16. The van der Waals surface area contributed by atoms with Gasteiger partial charge in [0.15, 0.2) is 0 Å². The SMILES string of the molecule is COCCNC(=O)C(C)Nc1ncc(N)cc1C(=O)O. The van der Waals surface area contributed by atoms with E-state index in [0.29, 0.717) is 13.2 Å². The van der Waals surface area contributed by atoms with Gasteiger partial charge in [0.1, 0.15) is 17.4 Å². The predicted molar refractivity (Wildman–Crippen MR) is 73.6 cm³/mol. The molecule has 0 saturated carbocycles. The molecule has 8 heteroatoms. The minimum atomic E-state index is -1.17. The van der Waals surface area contributed by atoms with E-state index in [1.165, 1.54) is 19.4 Å². The second-order valence-electron chi connectivity index (χ2n) is 4.12. The molecule has 1 aromatic heterocycles. The topological polar surface area (TPSA) is 127 Å². The van der Waals surface area contributed by atoms with Crippen LogP contribution in [0.4, 0.5) is 11.5 Å². The number of aromatic nitrogens is 1. The van der Waals surface area contributed by atoms with Crippen molar-refractivity contribution in [3.05, 3.63) is 17.8 Å². The van der Waals surface area contributed by atoms with Crippen LogP contribution in [0.15, 0.2) is 12.3 Å². The van der Waals surface area contributed by atoms with Gasteiger partial charge in [-0.25, -0.2) is 9.78 Å². The van der Waals surface area contributed by atoms with Crippen LogP contribution in [0.2, 0.25) is 0 Å².